The van der Waals surface area contributed by atoms with Crippen molar-refractivity contribution in [3.8, 4) is 5.75 Å². The van der Waals surface area contributed by atoms with E-state index in [0.717, 1.165) is 27.9 Å². The fourth-order valence-electron chi connectivity index (χ4n) is 2.46. The number of rotatable bonds is 4. The first-order valence-corrected chi connectivity index (χ1v) is 8.11. The van der Waals surface area contributed by atoms with E-state index in [1.807, 2.05) is 54.7 Å². The normalized spacial score (nSPS) is 10.3. The number of methoxy groups -OCH3 is 1. The van der Waals surface area contributed by atoms with Crippen molar-refractivity contribution in [3.05, 3.63) is 60.3 Å². The molecule has 0 bridgehead atoms. The van der Waals surface area contributed by atoms with Crippen LogP contribution in [0.3, 0.4) is 0 Å². The van der Waals surface area contributed by atoms with E-state index in [0.29, 0.717) is 5.11 Å². The Balaban J connectivity index is 1.50. The van der Waals surface area contributed by atoms with Crippen molar-refractivity contribution in [2.24, 2.45) is 0 Å². The lowest BCUT2D eigenvalue weighted by Gasteiger charge is -2.11. The molecule has 0 aliphatic rings. The van der Waals surface area contributed by atoms with Crippen LogP contribution in [0.1, 0.15) is 5.56 Å². The molecule has 2 aromatic carbocycles. The van der Waals surface area contributed by atoms with Crippen molar-refractivity contribution >= 4 is 39.8 Å². The topological polar surface area (TPSA) is 78.2 Å². The highest BCUT2D eigenvalue weighted by atomic mass is 32.1. The summed E-state index contributed by atoms with van der Waals surface area (Å²) in [6.07, 6.45) is 2.10. The van der Waals surface area contributed by atoms with Gasteiger partial charge in [0.15, 0.2) is 5.11 Å². The SMILES string of the molecule is COc1ccc(NC(=S)NNC(=O)Cc2c[nH]c3ccccc23)cc1. The Morgan fingerprint density at radius 2 is 1.88 bits per heavy atom. The van der Waals surface area contributed by atoms with Crippen molar-refractivity contribution in [2.45, 2.75) is 6.42 Å². The van der Waals surface area contributed by atoms with E-state index in [2.05, 4.69) is 21.2 Å². The maximum Gasteiger partial charge on any atom is 0.242 e. The second-order valence-corrected chi connectivity index (χ2v) is 5.80. The van der Waals surface area contributed by atoms with Gasteiger partial charge in [0.05, 0.1) is 13.5 Å². The fourth-order valence-corrected chi connectivity index (χ4v) is 2.63. The monoisotopic (exact) mass is 354 g/mol. The van der Waals surface area contributed by atoms with Gasteiger partial charge in [0, 0.05) is 22.8 Å². The van der Waals surface area contributed by atoms with Gasteiger partial charge in [-0.15, -0.1) is 0 Å². The quantitative estimate of drug-likeness (QED) is 0.428. The Bertz CT molecular complexity index is 889. The lowest BCUT2D eigenvalue weighted by atomic mass is 10.1. The number of H-pyrrole nitrogens is 1. The van der Waals surface area contributed by atoms with Gasteiger partial charge < -0.3 is 15.0 Å². The number of ether oxygens (including phenoxy) is 1. The number of hydrogen-bond donors (Lipinski definition) is 4. The Morgan fingerprint density at radius 1 is 1.12 bits per heavy atom. The average Bonchev–Trinajstić information content (AvgIpc) is 3.04. The summed E-state index contributed by atoms with van der Waals surface area (Å²) in [5.41, 5.74) is 8.04. The van der Waals surface area contributed by atoms with Gasteiger partial charge in [0.2, 0.25) is 5.91 Å². The van der Waals surface area contributed by atoms with E-state index in [1.165, 1.54) is 0 Å². The Morgan fingerprint density at radius 3 is 2.64 bits per heavy atom. The molecule has 7 heteroatoms. The average molecular weight is 354 g/mol. The second kappa shape index (κ2) is 7.67. The lowest BCUT2D eigenvalue weighted by molar-refractivity contribution is -0.120. The fraction of sp³-hybridized carbons (Fsp3) is 0.111. The van der Waals surface area contributed by atoms with Crippen LogP contribution in [0.4, 0.5) is 5.69 Å². The maximum atomic E-state index is 12.1. The van der Waals surface area contributed by atoms with Gasteiger partial charge in [0.1, 0.15) is 5.75 Å². The van der Waals surface area contributed by atoms with Crippen LogP contribution in [0, 0.1) is 0 Å². The van der Waals surface area contributed by atoms with E-state index in [9.17, 15) is 4.79 Å². The third kappa shape index (κ3) is 4.27. The molecule has 0 atom stereocenters. The summed E-state index contributed by atoms with van der Waals surface area (Å²) in [6.45, 7) is 0. The zero-order chi connectivity index (χ0) is 17.6. The molecule has 25 heavy (non-hydrogen) atoms. The molecule has 0 aliphatic heterocycles. The molecule has 0 saturated heterocycles. The number of nitrogens with one attached hydrogen (secondary N) is 4. The Kier molecular flexibility index (Phi) is 5.15. The summed E-state index contributed by atoms with van der Waals surface area (Å²) < 4.78 is 5.10. The maximum absolute atomic E-state index is 12.1. The molecule has 3 aromatic rings. The highest BCUT2D eigenvalue weighted by Gasteiger charge is 2.08. The van der Waals surface area contributed by atoms with Crippen LogP contribution in [0.2, 0.25) is 0 Å². The zero-order valence-electron chi connectivity index (χ0n) is 13.6. The molecule has 0 aliphatic carbocycles. The molecule has 0 spiro atoms. The third-order valence-electron chi connectivity index (χ3n) is 3.69. The molecule has 1 aromatic heterocycles. The molecule has 0 fully saturated rings. The number of hydrogen-bond acceptors (Lipinski definition) is 3. The standard InChI is InChI=1S/C18H18N4O2S/c1-24-14-8-6-13(7-9-14)20-18(25)22-21-17(23)10-12-11-19-16-5-3-2-4-15(12)16/h2-9,11,19H,10H2,1H3,(H,21,23)(H2,20,22,25). The van der Waals surface area contributed by atoms with Gasteiger partial charge >= 0.3 is 0 Å². The highest BCUT2D eigenvalue weighted by molar-refractivity contribution is 7.80. The van der Waals surface area contributed by atoms with Crippen LogP contribution in [0.25, 0.3) is 10.9 Å². The van der Waals surface area contributed by atoms with E-state index in [4.69, 9.17) is 17.0 Å². The number of aromatic amines is 1. The molecule has 0 unspecified atom stereocenters. The lowest BCUT2D eigenvalue weighted by Crippen LogP contribution is -2.44. The first kappa shape index (κ1) is 16.8. The van der Waals surface area contributed by atoms with Gasteiger partial charge in [-0.1, -0.05) is 18.2 Å². The summed E-state index contributed by atoms with van der Waals surface area (Å²) >= 11 is 5.17. The summed E-state index contributed by atoms with van der Waals surface area (Å²) in [4.78, 5) is 15.3. The molecule has 0 radical (unpaired) electrons. The summed E-state index contributed by atoms with van der Waals surface area (Å²) in [7, 11) is 1.61. The van der Waals surface area contributed by atoms with Crippen LogP contribution >= 0.6 is 12.2 Å². The predicted molar refractivity (Wildman–Crippen MR) is 102 cm³/mol. The number of anilines is 1. The smallest absolute Gasteiger partial charge is 0.242 e. The number of fused-ring (bicyclic) bond motifs is 1. The molecule has 1 amide bonds. The Labute approximate surface area is 150 Å². The first-order chi connectivity index (χ1) is 12.2. The molecule has 4 N–H and O–H groups in total. The van der Waals surface area contributed by atoms with Crippen molar-refractivity contribution in [3.63, 3.8) is 0 Å². The molecule has 0 saturated carbocycles. The minimum atomic E-state index is -0.177. The third-order valence-corrected chi connectivity index (χ3v) is 3.89. The van der Waals surface area contributed by atoms with Gasteiger partial charge in [-0.25, -0.2) is 0 Å². The summed E-state index contributed by atoms with van der Waals surface area (Å²) in [6, 6.07) is 15.2. The van der Waals surface area contributed by atoms with Crippen molar-refractivity contribution < 1.29 is 9.53 Å². The number of benzene rings is 2. The van der Waals surface area contributed by atoms with E-state index >= 15 is 0 Å². The van der Waals surface area contributed by atoms with Crippen LogP contribution in [-0.4, -0.2) is 23.1 Å². The number of para-hydroxylation sites is 1. The molecule has 3 rings (SSSR count). The number of hydrazine groups is 1. The van der Waals surface area contributed by atoms with Crippen LogP contribution in [-0.2, 0) is 11.2 Å². The van der Waals surface area contributed by atoms with Crippen LogP contribution < -0.4 is 20.9 Å². The van der Waals surface area contributed by atoms with E-state index < -0.39 is 0 Å². The molecular weight excluding hydrogens is 336 g/mol. The van der Waals surface area contributed by atoms with Crippen molar-refractivity contribution in [2.75, 3.05) is 12.4 Å². The zero-order valence-corrected chi connectivity index (χ0v) is 14.4. The highest BCUT2D eigenvalue weighted by Crippen LogP contribution is 2.18. The number of aromatic nitrogens is 1. The summed E-state index contributed by atoms with van der Waals surface area (Å²) in [5, 5.41) is 4.32. The van der Waals surface area contributed by atoms with Crippen LogP contribution in [0.5, 0.6) is 5.75 Å². The van der Waals surface area contributed by atoms with Gasteiger partial charge in [-0.2, -0.15) is 0 Å². The predicted octanol–water partition coefficient (Wildman–Crippen LogP) is 2.74. The molecular formula is C18H18N4O2S. The minimum Gasteiger partial charge on any atom is -0.497 e. The van der Waals surface area contributed by atoms with Gasteiger partial charge in [-0.05, 0) is 48.1 Å². The second-order valence-electron chi connectivity index (χ2n) is 5.39. The Hall–Kier alpha value is -3.06. The van der Waals surface area contributed by atoms with Crippen molar-refractivity contribution in [1.82, 2.24) is 15.8 Å². The molecule has 128 valence electrons. The van der Waals surface area contributed by atoms with Crippen LogP contribution in [0.15, 0.2) is 54.7 Å². The van der Waals surface area contributed by atoms with Gasteiger partial charge in [0.25, 0.3) is 0 Å². The first-order valence-electron chi connectivity index (χ1n) is 7.70. The number of carbonyl (C=O) groups excluding carboxylic acids is 1. The molecule has 6 nitrogen and oxygen atoms in total. The minimum absolute atomic E-state index is 0.177. The number of amides is 1. The van der Waals surface area contributed by atoms with Gasteiger partial charge in [-0.3, -0.25) is 15.6 Å². The number of carbonyl (C=O) groups is 1. The number of thiocarbonyl (C=S) groups is 1. The van der Waals surface area contributed by atoms with E-state index in [-0.39, 0.29) is 12.3 Å². The van der Waals surface area contributed by atoms with E-state index in [1.54, 1.807) is 7.11 Å². The largest absolute Gasteiger partial charge is 0.497 e. The molecule has 1 heterocycles. The summed E-state index contributed by atoms with van der Waals surface area (Å²) in [5.74, 6) is 0.583. The van der Waals surface area contributed by atoms with Crippen molar-refractivity contribution in [1.29, 1.82) is 0 Å².